The van der Waals surface area contributed by atoms with Crippen molar-refractivity contribution in [1.82, 2.24) is 14.7 Å². The molecular weight excluding hydrogens is 214 g/mol. The van der Waals surface area contributed by atoms with Gasteiger partial charge in [0.2, 0.25) is 0 Å². The molecule has 0 aliphatic heterocycles. The molecule has 0 unspecified atom stereocenters. The molecule has 1 heterocycles. The molecule has 1 aliphatic carbocycles. The molecule has 1 aromatic rings. The predicted molar refractivity (Wildman–Crippen MR) is 67.7 cm³/mol. The van der Waals surface area contributed by atoms with Crippen molar-refractivity contribution in [3.63, 3.8) is 0 Å². The lowest BCUT2D eigenvalue weighted by Crippen LogP contribution is -2.37. The van der Waals surface area contributed by atoms with Crippen LogP contribution in [0.4, 0.5) is 0 Å². The number of rotatable bonds is 5. The van der Waals surface area contributed by atoms with Crippen molar-refractivity contribution >= 4 is 0 Å². The zero-order valence-electron chi connectivity index (χ0n) is 11.1. The highest BCUT2D eigenvalue weighted by atomic mass is 16.3. The number of aliphatic hydroxyl groups excluding tert-OH is 1. The van der Waals surface area contributed by atoms with Crippen LogP contribution in [0.15, 0.2) is 6.07 Å². The van der Waals surface area contributed by atoms with Gasteiger partial charge in [-0.3, -0.25) is 4.68 Å². The molecule has 17 heavy (non-hydrogen) atoms. The summed E-state index contributed by atoms with van der Waals surface area (Å²) in [5, 5.41) is 13.7. The van der Waals surface area contributed by atoms with Gasteiger partial charge in [-0.2, -0.15) is 5.10 Å². The Morgan fingerprint density at radius 1 is 1.53 bits per heavy atom. The average Bonchev–Trinajstić information content (AvgIpc) is 2.57. The molecule has 0 spiro atoms. The topological polar surface area (TPSA) is 41.3 Å². The molecule has 0 aromatic carbocycles. The van der Waals surface area contributed by atoms with E-state index in [1.54, 1.807) is 0 Å². The fourth-order valence-corrected chi connectivity index (χ4v) is 2.52. The van der Waals surface area contributed by atoms with Gasteiger partial charge in [-0.05, 0) is 38.3 Å². The first kappa shape index (κ1) is 12.6. The lowest BCUT2D eigenvalue weighted by atomic mass is 9.82. The van der Waals surface area contributed by atoms with E-state index in [-0.39, 0.29) is 6.10 Å². The Morgan fingerprint density at radius 3 is 2.76 bits per heavy atom. The van der Waals surface area contributed by atoms with Crippen molar-refractivity contribution < 1.29 is 5.11 Å². The second-order valence-corrected chi connectivity index (χ2v) is 5.29. The highest BCUT2D eigenvalue weighted by Crippen LogP contribution is 2.27. The monoisotopic (exact) mass is 237 g/mol. The third-order valence-electron chi connectivity index (χ3n) is 3.60. The third-order valence-corrected chi connectivity index (χ3v) is 3.60. The molecule has 0 saturated heterocycles. The average molecular weight is 237 g/mol. The Kier molecular flexibility index (Phi) is 3.84. The van der Waals surface area contributed by atoms with Gasteiger partial charge in [0.25, 0.3) is 0 Å². The van der Waals surface area contributed by atoms with Gasteiger partial charge in [-0.25, -0.2) is 0 Å². The molecule has 0 amide bonds. The van der Waals surface area contributed by atoms with Crippen molar-refractivity contribution in [3.05, 3.63) is 17.5 Å². The summed E-state index contributed by atoms with van der Waals surface area (Å²) in [4.78, 5) is 2.33. The van der Waals surface area contributed by atoms with Gasteiger partial charge in [0.15, 0.2) is 0 Å². The van der Waals surface area contributed by atoms with Crippen LogP contribution < -0.4 is 0 Å². The van der Waals surface area contributed by atoms with Gasteiger partial charge >= 0.3 is 0 Å². The standard InChI is InChI=1S/C13H23N3O/c1-4-11-7-12(16(3)14-11)9-15(2)8-10-5-13(17)6-10/h7,10,13,17H,4-6,8-9H2,1-3H3. The van der Waals surface area contributed by atoms with Crippen molar-refractivity contribution in [3.8, 4) is 0 Å². The summed E-state index contributed by atoms with van der Waals surface area (Å²) in [5.41, 5.74) is 2.43. The van der Waals surface area contributed by atoms with Crippen LogP contribution in [-0.2, 0) is 20.0 Å². The van der Waals surface area contributed by atoms with Crippen molar-refractivity contribution in [2.45, 2.75) is 38.8 Å². The first-order chi connectivity index (χ1) is 8.08. The van der Waals surface area contributed by atoms with Crippen molar-refractivity contribution in [2.24, 2.45) is 13.0 Å². The van der Waals surface area contributed by atoms with Gasteiger partial charge in [0, 0.05) is 20.1 Å². The summed E-state index contributed by atoms with van der Waals surface area (Å²) >= 11 is 0. The minimum absolute atomic E-state index is 0.0446. The van der Waals surface area contributed by atoms with E-state index in [1.807, 2.05) is 11.7 Å². The highest BCUT2D eigenvalue weighted by molar-refractivity contribution is 5.10. The molecule has 1 N–H and O–H groups in total. The molecule has 1 aliphatic rings. The first-order valence-electron chi connectivity index (χ1n) is 6.47. The van der Waals surface area contributed by atoms with Gasteiger partial charge < -0.3 is 10.0 Å². The Hall–Kier alpha value is -0.870. The zero-order chi connectivity index (χ0) is 12.4. The second-order valence-electron chi connectivity index (χ2n) is 5.29. The molecule has 4 nitrogen and oxygen atoms in total. The molecule has 2 rings (SSSR count). The Bertz CT molecular complexity index is 369. The van der Waals surface area contributed by atoms with Crippen LogP contribution in [-0.4, -0.2) is 39.5 Å². The second kappa shape index (κ2) is 5.19. The summed E-state index contributed by atoms with van der Waals surface area (Å²) in [6.45, 7) is 4.14. The minimum atomic E-state index is -0.0446. The maximum Gasteiger partial charge on any atom is 0.0625 e. The molecule has 4 heteroatoms. The maximum atomic E-state index is 9.27. The van der Waals surface area contributed by atoms with Crippen molar-refractivity contribution in [1.29, 1.82) is 0 Å². The minimum Gasteiger partial charge on any atom is -0.393 e. The number of nitrogens with zero attached hydrogens (tertiary/aromatic N) is 3. The normalized spacial score (nSPS) is 24.1. The molecule has 0 bridgehead atoms. The van der Waals surface area contributed by atoms with Crippen molar-refractivity contribution in [2.75, 3.05) is 13.6 Å². The van der Waals surface area contributed by atoms with E-state index in [2.05, 4.69) is 30.0 Å². The van der Waals surface area contributed by atoms with Gasteiger partial charge in [-0.15, -0.1) is 0 Å². The summed E-state index contributed by atoms with van der Waals surface area (Å²) < 4.78 is 1.98. The van der Waals surface area contributed by atoms with Gasteiger partial charge in [-0.1, -0.05) is 6.92 Å². The molecule has 1 saturated carbocycles. The van der Waals surface area contributed by atoms with Gasteiger partial charge in [0.05, 0.1) is 17.5 Å². The van der Waals surface area contributed by atoms with E-state index in [0.29, 0.717) is 5.92 Å². The van der Waals surface area contributed by atoms with E-state index < -0.39 is 0 Å². The smallest absolute Gasteiger partial charge is 0.0625 e. The number of aryl methyl sites for hydroxylation is 2. The van der Waals surface area contributed by atoms with Crippen LogP contribution in [0.25, 0.3) is 0 Å². The quantitative estimate of drug-likeness (QED) is 0.836. The molecular formula is C13H23N3O. The Morgan fingerprint density at radius 2 is 2.24 bits per heavy atom. The van der Waals surface area contributed by atoms with Crippen LogP contribution in [0, 0.1) is 5.92 Å². The maximum absolute atomic E-state index is 9.27. The predicted octanol–water partition coefficient (Wildman–Crippen LogP) is 1.19. The van der Waals surface area contributed by atoms with Crippen LogP contribution in [0.1, 0.15) is 31.2 Å². The van der Waals surface area contributed by atoms with E-state index in [4.69, 9.17) is 0 Å². The number of hydrogen-bond donors (Lipinski definition) is 1. The fourth-order valence-electron chi connectivity index (χ4n) is 2.52. The first-order valence-corrected chi connectivity index (χ1v) is 6.47. The number of hydrogen-bond acceptors (Lipinski definition) is 3. The van der Waals surface area contributed by atoms with E-state index in [1.165, 1.54) is 5.69 Å². The number of aromatic nitrogens is 2. The Labute approximate surface area is 103 Å². The highest BCUT2D eigenvalue weighted by Gasteiger charge is 2.27. The summed E-state index contributed by atoms with van der Waals surface area (Å²) in [5.74, 6) is 0.675. The van der Waals surface area contributed by atoms with E-state index in [9.17, 15) is 5.11 Å². The lowest BCUT2D eigenvalue weighted by molar-refractivity contribution is 0.0271. The molecule has 0 radical (unpaired) electrons. The van der Waals surface area contributed by atoms with Crippen LogP contribution >= 0.6 is 0 Å². The molecule has 0 atom stereocenters. The lowest BCUT2D eigenvalue weighted by Gasteiger charge is -2.34. The Balaban J connectivity index is 1.84. The molecule has 96 valence electrons. The van der Waals surface area contributed by atoms with Crippen LogP contribution in [0.5, 0.6) is 0 Å². The molecule has 1 fully saturated rings. The third kappa shape index (κ3) is 3.07. The van der Waals surface area contributed by atoms with Gasteiger partial charge in [0.1, 0.15) is 0 Å². The summed E-state index contributed by atoms with van der Waals surface area (Å²) in [6, 6.07) is 2.19. The van der Waals surface area contributed by atoms with E-state index >= 15 is 0 Å². The zero-order valence-corrected chi connectivity index (χ0v) is 11.1. The largest absolute Gasteiger partial charge is 0.393 e. The van der Waals surface area contributed by atoms with Crippen LogP contribution in [0.3, 0.4) is 0 Å². The number of aliphatic hydroxyl groups is 1. The molecule has 1 aromatic heterocycles. The van der Waals surface area contributed by atoms with E-state index in [0.717, 1.165) is 38.0 Å². The fraction of sp³-hybridized carbons (Fsp3) is 0.769. The summed E-state index contributed by atoms with van der Waals surface area (Å²) in [6.07, 6.45) is 2.88. The van der Waals surface area contributed by atoms with Crippen LogP contribution in [0.2, 0.25) is 0 Å². The summed E-state index contributed by atoms with van der Waals surface area (Å²) in [7, 11) is 4.15. The SMILES string of the molecule is CCc1cc(CN(C)CC2CC(O)C2)n(C)n1.